The number of hydrogen-bond donors (Lipinski definition) is 4. The first-order valence-corrected chi connectivity index (χ1v) is 9.39. The predicted molar refractivity (Wildman–Crippen MR) is 101 cm³/mol. The minimum Gasteiger partial charge on any atom is -0.383 e. The van der Waals surface area contributed by atoms with E-state index in [1.807, 2.05) is 0 Å². The van der Waals surface area contributed by atoms with E-state index >= 15 is 0 Å². The third-order valence-corrected chi connectivity index (χ3v) is 4.79. The molecule has 0 bridgehead atoms. The second-order valence-corrected chi connectivity index (χ2v) is 7.73. The van der Waals surface area contributed by atoms with E-state index in [0.29, 0.717) is 15.6 Å². The monoisotopic (exact) mass is 412 g/mol. The molecule has 1 unspecified atom stereocenters. The number of carbonyl (C=O) groups is 2. The van der Waals surface area contributed by atoms with Crippen LogP contribution >= 0.6 is 11.3 Å². The first kappa shape index (κ1) is 21.7. The van der Waals surface area contributed by atoms with Gasteiger partial charge in [-0.05, 0) is 23.6 Å². The highest BCUT2D eigenvalue weighted by Crippen LogP contribution is 2.14. The minimum atomic E-state index is -1.30. The number of aromatic nitrogens is 1. The summed E-state index contributed by atoms with van der Waals surface area (Å²) >= 11 is 1.21. The van der Waals surface area contributed by atoms with E-state index in [0.717, 1.165) is 12.1 Å². The fourth-order valence-corrected chi connectivity index (χ4v) is 3.00. The van der Waals surface area contributed by atoms with Crippen molar-refractivity contribution in [3.63, 3.8) is 0 Å². The van der Waals surface area contributed by atoms with Crippen LogP contribution in [0.1, 0.15) is 24.3 Å². The lowest BCUT2D eigenvalue weighted by Gasteiger charge is -2.21. The highest BCUT2D eigenvalue weighted by Gasteiger charge is 2.26. The van der Waals surface area contributed by atoms with Gasteiger partial charge in [-0.25, -0.2) is 13.8 Å². The molecule has 0 saturated heterocycles. The van der Waals surface area contributed by atoms with Crippen LogP contribution in [0, 0.1) is 17.6 Å². The van der Waals surface area contributed by atoms with Crippen molar-refractivity contribution >= 4 is 28.3 Å². The molecular weight excluding hydrogens is 390 g/mol. The van der Waals surface area contributed by atoms with Crippen LogP contribution in [0.3, 0.4) is 0 Å². The van der Waals surface area contributed by atoms with Crippen molar-refractivity contribution in [1.29, 1.82) is 0 Å². The van der Waals surface area contributed by atoms with E-state index < -0.39 is 35.6 Å². The Morgan fingerprint density at radius 2 is 1.96 bits per heavy atom. The fourth-order valence-electron chi connectivity index (χ4n) is 2.37. The van der Waals surface area contributed by atoms with Crippen LogP contribution < -0.4 is 16.4 Å². The highest BCUT2D eigenvalue weighted by atomic mass is 32.1. The zero-order valence-corrected chi connectivity index (χ0v) is 16.2. The molecular formula is C18H22F2N4O3S. The van der Waals surface area contributed by atoms with Gasteiger partial charge in [0.05, 0.1) is 6.54 Å². The number of nitrogen functional groups attached to an aromatic ring is 1. The molecule has 2 aromatic rings. The molecule has 0 saturated carbocycles. The molecule has 2 rings (SSSR count). The molecule has 2 atom stereocenters. The first-order chi connectivity index (χ1) is 13.2. The summed E-state index contributed by atoms with van der Waals surface area (Å²) in [5.74, 6) is -3.68. The van der Waals surface area contributed by atoms with Gasteiger partial charge in [-0.15, -0.1) is 11.3 Å². The lowest BCUT2D eigenvalue weighted by atomic mass is 10.0. The van der Waals surface area contributed by atoms with Crippen molar-refractivity contribution in [3.8, 4) is 0 Å². The Bertz CT molecular complexity index is 844. The number of nitrogens with zero attached hydrogens (tertiary/aromatic N) is 1. The number of nitrogens with one attached hydrogen (secondary N) is 2. The number of carbonyl (C=O) groups excluding carboxylic acids is 2. The minimum absolute atomic E-state index is 0.0790. The van der Waals surface area contributed by atoms with E-state index in [1.54, 1.807) is 13.8 Å². The van der Waals surface area contributed by atoms with Crippen LogP contribution in [0.25, 0.3) is 0 Å². The highest BCUT2D eigenvalue weighted by molar-refractivity contribution is 7.15. The zero-order valence-electron chi connectivity index (χ0n) is 15.4. The molecule has 5 N–H and O–H groups in total. The third-order valence-electron chi connectivity index (χ3n) is 3.97. The maximum atomic E-state index is 13.5. The number of thiazole rings is 1. The molecule has 1 aromatic carbocycles. The van der Waals surface area contributed by atoms with Crippen molar-refractivity contribution in [2.24, 2.45) is 5.92 Å². The number of rotatable bonds is 8. The molecule has 0 aliphatic heterocycles. The molecule has 1 aromatic heterocycles. The number of halogens is 2. The summed E-state index contributed by atoms with van der Waals surface area (Å²) < 4.78 is 26.6. The first-order valence-electron chi connectivity index (χ1n) is 8.57. The zero-order chi connectivity index (χ0) is 20.8. The Balaban J connectivity index is 2.12. The summed E-state index contributed by atoms with van der Waals surface area (Å²) in [6.45, 7) is 3.45. The number of benzene rings is 1. The SMILES string of the molecule is CC(C)C(O)C(=O)N[C@@H](Cc1ccc(F)c(F)c1)C(=O)NCc1cnc(N)s1. The summed E-state index contributed by atoms with van der Waals surface area (Å²) in [5.41, 5.74) is 5.86. The van der Waals surface area contributed by atoms with Gasteiger partial charge in [0.2, 0.25) is 11.8 Å². The van der Waals surface area contributed by atoms with E-state index in [2.05, 4.69) is 15.6 Å². The van der Waals surface area contributed by atoms with Crippen molar-refractivity contribution in [1.82, 2.24) is 15.6 Å². The van der Waals surface area contributed by atoms with Crippen LogP contribution in [0.2, 0.25) is 0 Å². The summed E-state index contributed by atoms with van der Waals surface area (Å²) in [6.07, 6.45) is 0.137. The predicted octanol–water partition coefficient (Wildman–Crippen LogP) is 1.36. The summed E-state index contributed by atoms with van der Waals surface area (Å²) in [5, 5.41) is 15.4. The Morgan fingerprint density at radius 3 is 2.54 bits per heavy atom. The second-order valence-electron chi connectivity index (χ2n) is 6.59. The Morgan fingerprint density at radius 1 is 1.25 bits per heavy atom. The van der Waals surface area contributed by atoms with Crippen molar-refractivity contribution < 1.29 is 23.5 Å². The van der Waals surface area contributed by atoms with Crippen LogP contribution in [0.15, 0.2) is 24.4 Å². The van der Waals surface area contributed by atoms with Gasteiger partial charge >= 0.3 is 0 Å². The Labute approximate surface area is 165 Å². The van der Waals surface area contributed by atoms with Gasteiger partial charge in [-0.3, -0.25) is 9.59 Å². The Hall–Kier alpha value is -2.59. The summed E-state index contributed by atoms with van der Waals surface area (Å²) in [4.78, 5) is 29.4. The lowest BCUT2D eigenvalue weighted by Crippen LogP contribution is -2.51. The average Bonchev–Trinajstić information content (AvgIpc) is 3.06. The number of hydrogen-bond acceptors (Lipinski definition) is 6. The van der Waals surface area contributed by atoms with Gasteiger partial charge in [0.1, 0.15) is 12.1 Å². The Kier molecular flexibility index (Phi) is 7.41. The lowest BCUT2D eigenvalue weighted by molar-refractivity contribution is -0.135. The van der Waals surface area contributed by atoms with Gasteiger partial charge in [0.15, 0.2) is 16.8 Å². The molecule has 7 nitrogen and oxygen atoms in total. The van der Waals surface area contributed by atoms with Crippen LogP contribution in [-0.4, -0.2) is 34.1 Å². The summed E-state index contributed by atoms with van der Waals surface area (Å²) in [6, 6.07) is 2.15. The topological polar surface area (TPSA) is 117 Å². The van der Waals surface area contributed by atoms with Crippen LogP contribution in [0.5, 0.6) is 0 Å². The van der Waals surface area contributed by atoms with Gasteiger partial charge in [0.25, 0.3) is 0 Å². The molecule has 28 heavy (non-hydrogen) atoms. The fraction of sp³-hybridized carbons (Fsp3) is 0.389. The molecule has 2 amide bonds. The maximum absolute atomic E-state index is 13.5. The molecule has 0 fully saturated rings. The number of anilines is 1. The maximum Gasteiger partial charge on any atom is 0.249 e. The van der Waals surface area contributed by atoms with Crippen LogP contribution in [0.4, 0.5) is 13.9 Å². The smallest absolute Gasteiger partial charge is 0.249 e. The number of amides is 2. The molecule has 152 valence electrons. The standard InChI is InChI=1S/C18H22F2N4O3S/c1-9(2)15(25)17(27)24-14(6-10-3-4-12(19)13(20)5-10)16(26)22-7-11-8-23-18(21)28-11/h3-5,8-9,14-15,25H,6-7H2,1-2H3,(H2,21,23)(H,22,26)(H,24,27)/t14-,15?/m0/s1. The van der Waals surface area contributed by atoms with Gasteiger partial charge < -0.3 is 21.5 Å². The quantitative estimate of drug-likeness (QED) is 0.522. The molecule has 0 aliphatic carbocycles. The van der Waals surface area contributed by atoms with E-state index in [1.165, 1.54) is 23.6 Å². The number of aliphatic hydroxyl groups excluding tert-OH is 1. The van der Waals surface area contributed by atoms with Crippen molar-refractivity contribution in [3.05, 3.63) is 46.5 Å². The third kappa shape index (κ3) is 5.96. The van der Waals surface area contributed by atoms with Gasteiger partial charge in [-0.2, -0.15) is 0 Å². The van der Waals surface area contributed by atoms with Gasteiger partial charge in [0, 0.05) is 17.5 Å². The average molecular weight is 412 g/mol. The second kappa shape index (κ2) is 9.56. The van der Waals surface area contributed by atoms with E-state index in [9.17, 15) is 23.5 Å². The largest absolute Gasteiger partial charge is 0.383 e. The van der Waals surface area contributed by atoms with Crippen LogP contribution in [-0.2, 0) is 22.6 Å². The van der Waals surface area contributed by atoms with E-state index in [4.69, 9.17) is 5.73 Å². The van der Waals surface area contributed by atoms with Crippen molar-refractivity contribution in [2.45, 2.75) is 39.0 Å². The molecule has 0 spiro atoms. The normalized spacial score (nSPS) is 13.2. The number of aliphatic hydroxyl groups is 1. The number of nitrogens with two attached hydrogens (primary N) is 1. The van der Waals surface area contributed by atoms with Gasteiger partial charge in [-0.1, -0.05) is 19.9 Å². The molecule has 10 heteroatoms. The molecule has 1 heterocycles. The van der Waals surface area contributed by atoms with Crippen molar-refractivity contribution in [2.75, 3.05) is 5.73 Å². The van der Waals surface area contributed by atoms with E-state index in [-0.39, 0.29) is 18.9 Å². The summed E-state index contributed by atoms with van der Waals surface area (Å²) in [7, 11) is 0. The molecule has 0 radical (unpaired) electrons. The molecule has 0 aliphatic rings.